The topological polar surface area (TPSA) is 122 Å². The van der Waals surface area contributed by atoms with E-state index in [1.165, 1.54) is 0 Å². The molecule has 9 heteroatoms. The molecule has 2 heterocycles. The lowest BCUT2D eigenvalue weighted by atomic mass is 10.1. The summed E-state index contributed by atoms with van der Waals surface area (Å²) in [4.78, 5) is 14.4. The van der Waals surface area contributed by atoms with Crippen LogP contribution in [-0.4, -0.2) is 29.6 Å². The number of rotatable bonds is 7. The molecule has 0 aliphatic carbocycles. The minimum absolute atomic E-state index is 0.0233. The van der Waals surface area contributed by atoms with E-state index in [1.807, 2.05) is 13.8 Å². The summed E-state index contributed by atoms with van der Waals surface area (Å²) in [7, 11) is -3.89. The zero-order valence-electron chi connectivity index (χ0n) is 12.7. The summed E-state index contributed by atoms with van der Waals surface area (Å²) in [5.74, 6) is -0.614. The van der Waals surface area contributed by atoms with Crippen LogP contribution in [0.3, 0.4) is 0 Å². The Labute approximate surface area is 133 Å². The molecule has 0 fully saturated rings. The van der Waals surface area contributed by atoms with E-state index in [9.17, 15) is 13.2 Å². The van der Waals surface area contributed by atoms with E-state index in [0.29, 0.717) is 29.9 Å². The molecule has 0 spiro atoms. The van der Waals surface area contributed by atoms with Crippen LogP contribution in [0.25, 0.3) is 0 Å². The van der Waals surface area contributed by atoms with Gasteiger partial charge < -0.3 is 9.63 Å². The Hall–Kier alpha value is -2.26. The van der Waals surface area contributed by atoms with Crippen molar-refractivity contribution in [2.24, 2.45) is 0 Å². The van der Waals surface area contributed by atoms with Gasteiger partial charge in [-0.2, -0.15) is 0 Å². The molecule has 8 nitrogen and oxygen atoms in total. The van der Waals surface area contributed by atoms with Crippen molar-refractivity contribution in [1.82, 2.24) is 14.9 Å². The molecule has 2 rings (SSSR count). The molecule has 124 valence electrons. The van der Waals surface area contributed by atoms with Crippen LogP contribution in [-0.2, 0) is 29.4 Å². The largest absolute Gasteiger partial charge is 0.478 e. The molecule has 0 aromatic carbocycles. The van der Waals surface area contributed by atoms with Gasteiger partial charge in [0.15, 0.2) is 0 Å². The van der Waals surface area contributed by atoms with Crippen molar-refractivity contribution in [3.05, 3.63) is 41.0 Å². The van der Waals surface area contributed by atoms with Gasteiger partial charge in [0.25, 0.3) is 0 Å². The molecule has 0 unspecified atom stereocenters. The van der Waals surface area contributed by atoms with Crippen LogP contribution in [0.4, 0.5) is 0 Å². The van der Waals surface area contributed by atoms with E-state index in [1.54, 1.807) is 0 Å². The zero-order chi connectivity index (χ0) is 17.0. The van der Waals surface area contributed by atoms with Crippen molar-refractivity contribution in [1.29, 1.82) is 0 Å². The van der Waals surface area contributed by atoms with Crippen molar-refractivity contribution in [3.8, 4) is 0 Å². The number of aromatic carboxylic acids is 1. The van der Waals surface area contributed by atoms with Crippen LogP contribution in [0, 0.1) is 0 Å². The molecule has 0 amide bonds. The summed E-state index contributed by atoms with van der Waals surface area (Å²) < 4.78 is 32.2. The predicted molar refractivity (Wildman–Crippen MR) is 80.5 cm³/mol. The number of pyridine rings is 1. The third kappa shape index (κ3) is 3.74. The molecule has 0 bridgehead atoms. The SMILES string of the molecule is CCc1noc(CC)c1CNS(=O)(=O)c1cncc(C(=O)O)c1. The third-order valence-corrected chi connectivity index (χ3v) is 4.68. The molecular formula is C14H17N3O5S. The molecule has 0 saturated carbocycles. The van der Waals surface area contributed by atoms with E-state index in [2.05, 4.69) is 14.9 Å². The second-order valence-electron chi connectivity index (χ2n) is 4.78. The highest BCUT2D eigenvalue weighted by Gasteiger charge is 2.20. The van der Waals surface area contributed by atoms with Gasteiger partial charge in [0, 0.05) is 30.9 Å². The maximum absolute atomic E-state index is 12.3. The summed E-state index contributed by atoms with van der Waals surface area (Å²) in [6.45, 7) is 3.81. The average Bonchev–Trinajstić information content (AvgIpc) is 2.95. The second-order valence-corrected chi connectivity index (χ2v) is 6.54. The fourth-order valence-electron chi connectivity index (χ4n) is 2.07. The van der Waals surface area contributed by atoms with Crippen molar-refractivity contribution in [2.75, 3.05) is 0 Å². The second kappa shape index (κ2) is 6.88. The first-order chi connectivity index (χ1) is 10.9. The quantitative estimate of drug-likeness (QED) is 0.781. The Morgan fingerprint density at radius 2 is 2.04 bits per heavy atom. The molecule has 2 aromatic heterocycles. The number of hydrogen-bond donors (Lipinski definition) is 2. The number of nitrogens with zero attached hydrogens (tertiary/aromatic N) is 2. The van der Waals surface area contributed by atoms with Gasteiger partial charge in [-0.1, -0.05) is 19.0 Å². The number of sulfonamides is 1. The minimum Gasteiger partial charge on any atom is -0.478 e. The van der Waals surface area contributed by atoms with Crippen LogP contribution in [0.5, 0.6) is 0 Å². The first-order valence-electron chi connectivity index (χ1n) is 7.03. The number of carboxylic acids is 1. The predicted octanol–water partition coefficient (Wildman–Crippen LogP) is 1.37. The number of aryl methyl sites for hydroxylation is 2. The van der Waals surface area contributed by atoms with E-state index in [4.69, 9.17) is 9.63 Å². The Bertz CT molecular complexity index is 792. The van der Waals surface area contributed by atoms with Crippen molar-refractivity contribution >= 4 is 16.0 Å². The highest BCUT2D eigenvalue weighted by atomic mass is 32.2. The maximum atomic E-state index is 12.3. The van der Waals surface area contributed by atoms with Gasteiger partial charge in [-0.15, -0.1) is 0 Å². The van der Waals surface area contributed by atoms with Crippen LogP contribution in [0.15, 0.2) is 27.9 Å². The Morgan fingerprint density at radius 1 is 1.30 bits per heavy atom. The third-order valence-electron chi connectivity index (χ3n) is 3.32. The molecular weight excluding hydrogens is 322 g/mol. The zero-order valence-corrected chi connectivity index (χ0v) is 13.6. The smallest absolute Gasteiger partial charge is 0.337 e. The lowest BCUT2D eigenvalue weighted by molar-refractivity contribution is 0.0696. The highest BCUT2D eigenvalue weighted by molar-refractivity contribution is 7.89. The fraction of sp³-hybridized carbons (Fsp3) is 0.357. The maximum Gasteiger partial charge on any atom is 0.337 e. The van der Waals surface area contributed by atoms with Gasteiger partial charge in [-0.25, -0.2) is 17.9 Å². The van der Waals surface area contributed by atoms with Crippen molar-refractivity contribution in [2.45, 2.75) is 38.1 Å². The minimum atomic E-state index is -3.89. The first-order valence-corrected chi connectivity index (χ1v) is 8.51. The van der Waals surface area contributed by atoms with E-state index < -0.39 is 16.0 Å². The highest BCUT2D eigenvalue weighted by Crippen LogP contribution is 2.17. The molecule has 0 aliphatic rings. The van der Waals surface area contributed by atoms with Gasteiger partial charge in [0.05, 0.1) is 11.3 Å². The Balaban J connectivity index is 2.24. The summed E-state index contributed by atoms with van der Waals surface area (Å²) >= 11 is 0. The average molecular weight is 339 g/mol. The number of aromatic nitrogens is 2. The molecule has 0 aliphatic heterocycles. The Kier molecular flexibility index (Phi) is 5.12. The van der Waals surface area contributed by atoms with Gasteiger partial charge in [0.1, 0.15) is 10.7 Å². The van der Waals surface area contributed by atoms with Gasteiger partial charge in [0.2, 0.25) is 10.0 Å². The van der Waals surface area contributed by atoms with Crippen LogP contribution < -0.4 is 4.72 Å². The van der Waals surface area contributed by atoms with E-state index >= 15 is 0 Å². The molecule has 0 saturated heterocycles. The van der Waals surface area contributed by atoms with Crippen LogP contribution >= 0.6 is 0 Å². The standard InChI is InChI=1S/C14H17N3O5S/c1-3-12-11(13(4-2)22-17-12)8-16-23(20,21)10-5-9(14(18)19)6-15-7-10/h5-7,16H,3-4,8H2,1-2H3,(H,18,19). The number of carbonyl (C=O) groups is 1. The van der Waals surface area contributed by atoms with E-state index in [-0.39, 0.29) is 17.0 Å². The molecule has 0 radical (unpaired) electrons. The summed E-state index contributed by atoms with van der Waals surface area (Å²) in [5.41, 5.74) is 1.21. The van der Waals surface area contributed by atoms with Crippen molar-refractivity contribution in [3.63, 3.8) is 0 Å². The molecule has 23 heavy (non-hydrogen) atoms. The van der Waals surface area contributed by atoms with E-state index in [0.717, 1.165) is 18.5 Å². The van der Waals surface area contributed by atoms with Crippen LogP contribution in [0.1, 0.15) is 41.2 Å². The van der Waals surface area contributed by atoms with Gasteiger partial charge in [-0.3, -0.25) is 4.98 Å². The molecule has 2 aromatic rings. The summed E-state index contributed by atoms with van der Waals surface area (Å²) in [6, 6.07) is 1.06. The number of hydrogen-bond acceptors (Lipinski definition) is 6. The van der Waals surface area contributed by atoms with Crippen molar-refractivity contribution < 1.29 is 22.8 Å². The number of nitrogens with one attached hydrogen (secondary N) is 1. The monoisotopic (exact) mass is 339 g/mol. The first kappa shape index (κ1) is 17.1. The van der Waals surface area contributed by atoms with Crippen LogP contribution in [0.2, 0.25) is 0 Å². The normalized spacial score (nSPS) is 11.6. The number of carboxylic acid groups (broad SMARTS) is 1. The summed E-state index contributed by atoms with van der Waals surface area (Å²) in [5, 5.41) is 12.8. The lowest BCUT2D eigenvalue weighted by Gasteiger charge is -2.07. The molecule has 0 atom stereocenters. The summed E-state index contributed by atoms with van der Waals surface area (Å²) in [6.07, 6.45) is 3.41. The Morgan fingerprint density at radius 3 is 2.65 bits per heavy atom. The lowest BCUT2D eigenvalue weighted by Crippen LogP contribution is -2.24. The fourth-order valence-corrected chi connectivity index (χ4v) is 3.05. The van der Waals surface area contributed by atoms with Gasteiger partial charge in [-0.05, 0) is 12.5 Å². The molecule has 2 N–H and O–H groups in total. The van der Waals surface area contributed by atoms with Gasteiger partial charge >= 0.3 is 5.97 Å².